The largest absolute Gasteiger partial charge is 0.295 e. The third-order valence-electron chi connectivity index (χ3n) is 3.09. The van der Waals surface area contributed by atoms with Crippen molar-refractivity contribution in [2.24, 2.45) is 0 Å². The van der Waals surface area contributed by atoms with Gasteiger partial charge in [0, 0.05) is 39.3 Å². The molecule has 0 aliphatic carbocycles. The molecule has 0 bridgehead atoms. The number of hydrogen-bond donors (Lipinski definition) is 1. The zero-order valence-electron chi connectivity index (χ0n) is 13.7. The standard InChI is InChI=1S/C16H20O3S3.Na/c1-3-7-20-14-6-5-12-11-16(22(17,18)19)15(21-8-4-2)10-13(12)9-14;/h5-6,9-11H,3-4,7-8H2,1-2H3,(H,17,18,19);. The predicted octanol–water partition coefficient (Wildman–Crippen LogP) is 4.71. The molecule has 2 aromatic rings. The van der Waals surface area contributed by atoms with Crippen LogP contribution >= 0.6 is 23.5 Å². The molecular weight excluding hydrogens is 359 g/mol. The van der Waals surface area contributed by atoms with Crippen LogP contribution < -0.4 is 0 Å². The van der Waals surface area contributed by atoms with E-state index in [2.05, 4.69) is 13.0 Å². The molecule has 121 valence electrons. The van der Waals surface area contributed by atoms with Gasteiger partial charge >= 0.3 is 0 Å². The number of rotatable bonds is 7. The fourth-order valence-electron chi connectivity index (χ4n) is 2.07. The smallest absolute Gasteiger partial charge is 0.282 e. The number of hydrogen-bond acceptors (Lipinski definition) is 4. The Kier molecular flexibility index (Phi) is 9.01. The molecule has 1 N–H and O–H groups in total. The second kappa shape index (κ2) is 9.70. The summed E-state index contributed by atoms with van der Waals surface area (Å²) in [6.07, 6.45) is 2.06. The Bertz CT molecular complexity index is 760. The molecule has 0 unspecified atom stereocenters. The first-order chi connectivity index (χ1) is 10.5. The van der Waals surface area contributed by atoms with Crippen LogP contribution in [-0.2, 0) is 10.1 Å². The van der Waals surface area contributed by atoms with Crippen molar-refractivity contribution in [1.82, 2.24) is 0 Å². The van der Waals surface area contributed by atoms with Gasteiger partial charge in [-0.25, -0.2) is 0 Å². The molecule has 0 aliphatic rings. The van der Waals surface area contributed by atoms with Crippen molar-refractivity contribution >= 4 is 74.0 Å². The quantitative estimate of drug-likeness (QED) is 0.429. The first-order valence-electron chi connectivity index (χ1n) is 7.26. The summed E-state index contributed by atoms with van der Waals surface area (Å²) in [6, 6.07) is 9.43. The maximum Gasteiger partial charge on any atom is 0.295 e. The van der Waals surface area contributed by atoms with E-state index >= 15 is 0 Å². The van der Waals surface area contributed by atoms with Gasteiger partial charge in [-0.15, -0.1) is 23.5 Å². The minimum atomic E-state index is -4.21. The van der Waals surface area contributed by atoms with Gasteiger partial charge in [0.15, 0.2) is 0 Å². The molecule has 0 amide bonds. The monoisotopic (exact) mass is 379 g/mol. The van der Waals surface area contributed by atoms with Crippen LogP contribution in [0.1, 0.15) is 26.7 Å². The fourth-order valence-corrected chi connectivity index (χ4v) is 4.80. The van der Waals surface area contributed by atoms with Gasteiger partial charge in [-0.2, -0.15) is 8.42 Å². The van der Waals surface area contributed by atoms with E-state index in [0.29, 0.717) is 4.90 Å². The molecule has 3 nitrogen and oxygen atoms in total. The third-order valence-corrected chi connectivity index (χ3v) is 6.57. The third kappa shape index (κ3) is 5.96. The van der Waals surface area contributed by atoms with Gasteiger partial charge in [-0.05, 0) is 59.4 Å². The summed E-state index contributed by atoms with van der Waals surface area (Å²) in [5, 5.41) is 1.83. The van der Waals surface area contributed by atoms with Gasteiger partial charge in [0.05, 0.1) is 0 Å². The van der Waals surface area contributed by atoms with Crippen LogP contribution in [0, 0.1) is 0 Å². The molecule has 23 heavy (non-hydrogen) atoms. The van der Waals surface area contributed by atoms with Gasteiger partial charge in [0.2, 0.25) is 0 Å². The second-order valence-electron chi connectivity index (χ2n) is 4.98. The molecule has 0 saturated carbocycles. The Balaban J connectivity index is 0.00000264. The van der Waals surface area contributed by atoms with Gasteiger partial charge in [-0.3, -0.25) is 4.55 Å². The Morgan fingerprint density at radius 3 is 2.22 bits per heavy atom. The van der Waals surface area contributed by atoms with Crippen LogP contribution in [0.5, 0.6) is 0 Å². The molecule has 0 aromatic heterocycles. The summed E-state index contributed by atoms with van der Waals surface area (Å²) in [4.78, 5) is 1.81. The zero-order chi connectivity index (χ0) is 16.2. The van der Waals surface area contributed by atoms with E-state index in [1.165, 1.54) is 16.7 Å². The van der Waals surface area contributed by atoms with Crippen LogP contribution in [0.3, 0.4) is 0 Å². The maximum atomic E-state index is 11.6. The van der Waals surface area contributed by atoms with E-state index in [4.69, 9.17) is 0 Å². The Morgan fingerprint density at radius 2 is 1.61 bits per heavy atom. The van der Waals surface area contributed by atoms with Gasteiger partial charge in [0.25, 0.3) is 10.1 Å². The number of fused-ring (bicyclic) bond motifs is 1. The minimum Gasteiger partial charge on any atom is -0.282 e. The van der Waals surface area contributed by atoms with Crippen molar-refractivity contribution < 1.29 is 13.0 Å². The average molecular weight is 380 g/mol. The van der Waals surface area contributed by atoms with E-state index in [1.54, 1.807) is 17.8 Å². The molecule has 0 saturated heterocycles. The van der Waals surface area contributed by atoms with E-state index in [0.717, 1.165) is 35.1 Å². The number of benzene rings is 2. The van der Waals surface area contributed by atoms with E-state index in [9.17, 15) is 13.0 Å². The Morgan fingerprint density at radius 1 is 0.957 bits per heavy atom. The first-order valence-corrected chi connectivity index (χ1v) is 10.7. The van der Waals surface area contributed by atoms with Crippen molar-refractivity contribution in [1.29, 1.82) is 0 Å². The molecular formula is C16H20NaO3S3. The topological polar surface area (TPSA) is 54.4 Å². The van der Waals surface area contributed by atoms with Crippen molar-refractivity contribution in [3.8, 4) is 0 Å². The normalized spacial score (nSPS) is 11.4. The summed E-state index contributed by atoms with van der Waals surface area (Å²) in [5.41, 5.74) is 0. The first kappa shape index (κ1) is 21.4. The van der Waals surface area contributed by atoms with Crippen molar-refractivity contribution in [2.45, 2.75) is 41.4 Å². The van der Waals surface area contributed by atoms with Crippen molar-refractivity contribution in [2.75, 3.05) is 11.5 Å². The van der Waals surface area contributed by atoms with Gasteiger partial charge in [-0.1, -0.05) is 19.9 Å². The molecule has 0 heterocycles. The Hall–Kier alpha value is 0.310. The van der Waals surface area contributed by atoms with Crippen LogP contribution in [0.15, 0.2) is 45.0 Å². The fraction of sp³-hybridized carbons (Fsp3) is 0.375. The summed E-state index contributed by atoms with van der Waals surface area (Å²) in [5.74, 6) is 1.88. The summed E-state index contributed by atoms with van der Waals surface area (Å²) in [7, 11) is -4.21. The molecule has 2 rings (SSSR count). The van der Waals surface area contributed by atoms with Crippen molar-refractivity contribution in [3.63, 3.8) is 0 Å². The molecule has 0 aliphatic heterocycles. The van der Waals surface area contributed by atoms with Crippen LogP contribution in [0.2, 0.25) is 0 Å². The molecule has 0 spiro atoms. The molecule has 0 atom stereocenters. The molecule has 0 fully saturated rings. The van der Waals surface area contributed by atoms with E-state index < -0.39 is 10.1 Å². The summed E-state index contributed by atoms with van der Waals surface area (Å²) < 4.78 is 32.7. The summed E-state index contributed by atoms with van der Waals surface area (Å²) in [6.45, 7) is 4.19. The molecule has 2 aromatic carbocycles. The van der Waals surface area contributed by atoms with Gasteiger partial charge < -0.3 is 0 Å². The van der Waals surface area contributed by atoms with Crippen LogP contribution in [0.25, 0.3) is 10.8 Å². The van der Waals surface area contributed by atoms with E-state index in [1.807, 2.05) is 25.1 Å². The van der Waals surface area contributed by atoms with Crippen LogP contribution in [-0.4, -0.2) is 54.0 Å². The predicted molar refractivity (Wildman–Crippen MR) is 102 cm³/mol. The minimum absolute atomic E-state index is 0. The molecule has 7 heteroatoms. The van der Waals surface area contributed by atoms with E-state index in [-0.39, 0.29) is 34.5 Å². The maximum absolute atomic E-state index is 11.6. The average Bonchev–Trinajstić information content (AvgIpc) is 2.48. The number of thioether (sulfide) groups is 2. The Labute approximate surface area is 169 Å². The molecule has 1 radical (unpaired) electrons. The summed E-state index contributed by atoms with van der Waals surface area (Å²) >= 11 is 3.26. The van der Waals surface area contributed by atoms with Gasteiger partial charge in [0.1, 0.15) is 4.90 Å². The second-order valence-corrected chi connectivity index (χ2v) is 8.67. The van der Waals surface area contributed by atoms with Crippen LogP contribution in [0.4, 0.5) is 0 Å². The zero-order valence-corrected chi connectivity index (χ0v) is 18.2. The SMILES string of the molecule is CCCSc1ccc2cc(S(=O)(=O)O)c(SCCC)cc2c1.[Na]. The van der Waals surface area contributed by atoms with Crippen molar-refractivity contribution in [3.05, 3.63) is 30.3 Å².